The summed E-state index contributed by atoms with van der Waals surface area (Å²) in [5, 5.41) is 6.10. The summed E-state index contributed by atoms with van der Waals surface area (Å²) in [6, 6.07) is 13.6. The van der Waals surface area contributed by atoms with Crippen LogP contribution in [-0.2, 0) is 7.05 Å². The minimum atomic E-state index is -0.196. The van der Waals surface area contributed by atoms with E-state index in [1.165, 1.54) is 0 Å². The minimum absolute atomic E-state index is 0.0109. The van der Waals surface area contributed by atoms with Gasteiger partial charge in [0, 0.05) is 38.7 Å². The van der Waals surface area contributed by atoms with Gasteiger partial charge in [-0.05, 0) is 35.7 Å². The van der Waals surface area contributed by atoms with Crippen molar-refractivity contribution in [3.8, 4) is 5.75 Å². The van der Waals surface area contributed by atoms with E-state index >= 15 is 0 Å². The van der Waals surface area contributed by atoms with Crippen LogP contribution in [0.1, 0.15) is 40.1 Å². The highest BCUT2D eigenvalue weighted by molar-refractivity contribution is 6.11. The molecule has 0 N–H and O–H groups in total. The number of ether oxygens (including phenoxy) is 1. The molecular weight excluding hydrogens is 366 g/mol. The molecule has 3 aromatic rings. The first-order valence-electron chi connectivity index (χ1n) is 10.1. The lowest BCUT2D eigenvalue weighted by atomic mass is 9.85. The van der Waals surface area contributed by atoms with Crippen LogP contribution in [0.4, 0.5) is 0 Å². The zero-order valence-corrected chi connectivity index (χ0v) is 16.4. The molecule has 2 unspecified atom stereocenters. The van der Waals surface area contributed by atoms with E-state index in [4.69, 9.17) is 4.74 Å². The third kappa shape index (κ3) is 3.09. The maximum absolute atomic E-state index is 13.0. The van der Waals surface area contributed by atoms with Gasteiger partial charge in [-0.3, -0.25) is 14.3 Å². The van der Waals surface area contributed by atoms with Gasteiger partial charge in [-0.15, -0.1) is 0 Å². The lowest BCUT2D eigenvalue weighted by molar-refractivity contribution is 0.0405. The van der Waals surface area contributed by atoms with Crippen LogP contribution in [0.5, 0.6) is 5.75 Å². The van der Waals surface area contributed by atoms with Crippen LogP contribution in [0, 0.1) is 5.92 Å². The summed E-state index contributed by atoms with van der Waals surface area (Å²) >= 11 is 0. The Kier molecular flexibility index (Phi) is 4.34. The number of amides is 1. The van der Waals surface area contributed by atoms with Crippen molar-refractivity contribution in [1.29, 1.82) is 0 Å². The maximum Gasteiger partial charge on any atom is 0.272 e. The Labute approximate surface area is 169 Å². The summed E-state index contributed by atoms with van der Waals surface area (Å²) in [5.41, 5.74) is 1.28. The Bertz CT molecular complexity index is 1100. The average Bonchev–Trinajstić information content (AvgIpc) is 3.18. The van der Waals surface area contributed by atoms with Crippen molar-refractivity contribution in [2.24, 2.45) is 13.0 Å². The Balaban J connectivity index is 1.38. The molecule has 0 bridgehead atoms. The second-order valence-electron chi connectivity index (χ2n) is 7.94. The van der Waals surface area contributed by atoms with Crippen LogP contribution in [0.3, 0.4) is 0 Å². The Morgan fingerprint density at radius 3 is 2.86 bits per heavy atom. The average molecular weight is 389 g/mol. The summed E-state index contributed by atoms with van der Waals surface area (Å²) in [6.45, 7) is 1.33. The number of fused-ring (bicyclic) bond motifs is 3. The fraction of sp³-hybridized carbons (Fsp3) is 0.348. The van der Waals surface area contributed by atoms with Crippen LogP contribution in [-0.4, -0.2) is 45.6 Å². The van der Waals surface area contributed by atoms with Crippen LogP contribution < -0.4 is 4.74 Å². The largest absolute Gasteiger partial charge is 0.489 e. The number of aromatic nitrogens is 2. The van der Waals surface area contributed by atoms with E-state index in [9.17, 15) is 9.59 Å². The molecule has 6 heteroatoms. The number of hydrogen-bond acceptors (Lipinski definition) is 4. The molecule has 0 spiro atoms. The SMILES string of the molecule is Cn1nccc1C(=O)N1CCCC(C2CC(=O)c3c(ccc4ccccc34)O2)C1. The smallest absolute Gasteiger partial charge is 0.272 e. The highest BCUT2D eigenvalue weighted by Gasteiger charge is 2.37. The van der Waals surface area contributed by atoms with E-state index in [1.54, 1.807) is 24.0 Å². The first-order chi connectivity index (χ1) is 14.1. The number of aryl methyl sites for hydroxylation is 1. The molecule has 0 radical (unpaired) electrons. The predicted molar refractivity (Wildman–Crippen MR) is 109 cm³/mol. The molecule has 5 rings (SSSR count). The molecule has 2 aromatic carbocycles. The van der Waals surface area contributed by atoms with Crippen molar-refractivity contribution < 1.29 is 14.3 Å². The molecule has 148 valence electrons. The molecule has 1 saturated heterocycles. The van der Waals surface area contributed by atoms with Crippen molar-refractivity contribution in [3.05, 3.63) is 59.9 Å². The van der Waals surface area contributed by atoms with Gasteiger partial charge in [0.05, 0.1) is 5.56 Å². The van der Waals surface area contributed by atoms with Gasteiger partial charge in [-0.1, -0.05) is 30.3 Å². The summed E-state index contributed by atoms with van der Waals surface area (Å²) in [5.74, 6) is 0.927. The van der Waals surface area contributed by atoms with Crippen LogP contribution in [0.25, 0.3) is 10.8 Å². The number of carbonyl (C=O) groups is 2. The standard InChI is InChI=1S/C23H23N3O3/c1-25-18(10-11-24-25)23(28)26-12-4-6-16(14-26)21-13-19(27)22-17-7-3-2-5-15(17)8-9-20(22)29-21/h2-3,5,7-11,16,21H,4,6,12-14H2,1H3. The number of nitrogens with zero attached hydrogens (tertiary/aromatic N) is 3. The lowest BCUT2D eigenvalue weighted by Gasteiger charge is -2.38. The molecule has 0 aliphatic carbocycles. The third-order valence-electron chi connectivity index (χ3n) is 6.15. The number of ketones is 1. The zero-order chi connectivity index (χ0) is 20.0. The second-order valence-corrected chi connectivity index (χ2v) is 7.94. The summed E-state index contributed by atoms with van der Waals surface area (Å²) in [7, 11) is 1.78. The van der Waals surface area contributed by atoms with Crippen LogP contribution >= 0.6 is 0 Å². The molecule has 1 amide bonds. The molecule has 1 fully saturated rings. The van der Waals surface area contributed by atoms with Gasteiger partial charge in [0.1, 0.15) is 17.5 Å². The Morgan fingerprint density at radius 1 is 1.17 bits per heavy atom. The number of likely N-dealkylation sites (tertiary alicyclic amines) is 1. The minimum Gasteiger partial charge on any atom is -0.489 e. The fourth-order valence-corrected chi connectivity index (χ4v) is 4.63. The van der Waals surface area contributed by atoms with Crippen LogP contribution in [0.2, 0.25) is 0 Å². The molecular formula is C23H23N3O3. The van der Waals surface area contributed by atoms with Gasteiger partial charge in [-0.2, -0.15) is 5.10 Å². The number of piperidine rings is 1. The van der Waals surface area contributed by atoms with Gasteiger partial charge >= 0.3 is 0 Å². The van der Waals surface area contributed by atoms with Gasteiger partial charge in [0.15, 0.2) is 5.78 Å². The number of rotatable bonds is 2. The van der Waals surface area contributed by atoms with Crippen molar-refractivity contribution in [2.45, 2.75) is 25.4 Å². The molecule has 2 atom stereocenters. The van der Waals surface area contributed by atoms with Crippen LogP contribution in [0.15, 0.2) is 48.7 Å². The molecule has 3 heterocycles. The summed E-state index contributed by atoms with van der Waals surface area (Å²) in [6.07, 6.45) is 3.67. The lowest BCUT2D eigenvalue weighted by Crippen LogP contribution is -2.46. The Morgan fingerprint density at radius 2 is 2.03 bits per heavy atom. The normalized spacial score (nSPS) is 21.7. The van der Waals surface area contributed by atoms with E-state index in [0.29, 0.717) is 30.0 Å². The first-order valence-corrected chi connectivity index (χ1v) is 10.1. The number of Topliss-reactive ketones (excluding diaryl/α,β-unsaturated/α-hetero) is 1. The number of benzene rings is 2. The zero-order valence-electron chi connectivity index (χ0n) is 16.4. The topological polar surface area (TPSA) is 64.4 Å². The molecule has 2 aliphatic rings. The third-order valence-corrected chi connectivity index (χ3v) is 6.15. The van der Waals surface area contributed by atoms with Crippen molar-refractivity contribution in [1.82, 2.24) is 14.7 Å². The van der Waals surface area contributed by atoms with Gasteiger partial charge in [-0.25, -0.2) is 0 Å². The van der Waals surface area contributed by atoms with Crippen molar-refractivity contribution in [2.75, 3.05) is 13.1 Å². The highest BCUT2D eigenvalue weighted by Crippen LogP contribution is 2.37. The summed E-state index contributed by atoms with van der Waals surface area (Å²) < 4.78 is 7.92. The molecule has 29 heavy (non-hydrogen) atoms. The second kappa shape index (κ2) is 7.03. The van der Waals surface area contributed by atoms with Gasteiger partial charge in [0.25, 0.3) is 5.91 Å². The van der Waals surface area contributed by atoms with E-state index < -0.39 is 0 Å². The number of hydrogen-bond donors (Lipinski definition) is 0. The summed E-state index contributed by atoms with van der Waals surface area (Å²) in [4.78, 5) is 27.8. The highest BCUT2D eigenvalue weighted by atomic mass is 16.5. The Hall–Kier alpha value is -3.15. The van der Waals surface area contributed by atoms with Crippen molar-refractivity contribution >= 4 is 22.5 Å². The molecule has 0 saturated carbocycles. The fourth-order valence-electron chi connectivity index (χ4n) is 4.63. The molecule has 6 nitrogen and oxygen atoms in total. The first kappa shape index (κ1) is 17.9. The van der Waals surface area contributed by atoms with E-state index in [0.717, 1.165) is 30.2 Å². The molecule has 2 aliphatic heterocycles. The van der Waals surface area contributed by atoms with E-state index in [-0.39, 0.29) is 23.7 Å². The van der Waals surface area contributed by atoms with Gasteiger partial charge in [0.2, 0.25) is 0 Å². The maximum atomic E-state index is 13.0. The van der Waals surface area contributed by atoms with E-state index in [2.05, 4.69) is 5.10 Å². The van der Waals surface area contributed by atoms with E-state index in [1.807, 2.05) is 41.3 Å². The quantitative estimate of drug-likeness (QED) is 0.673. The number of carbonyl (C=O) groups excluding carboxylic acids is 2. The van der Waals surface area contributed by atoms with Crippen molar-refractivity contribution in [3.63, 3.8) is 0 Å². The predicted octanol–water partition coefficient (Wildman–Crippen LogP) is 3.46. The van der Waals surface area contributed by atoms with Gasteiger partial charge < -0.3 is 9.64 Å². The molecule has 1 aromatic heterocycles. The monoisotopic (exact) mass is 389 g/mol.